The number of sulfonamides is 1. The topological polar surface area (TPSA) is 86.8 Å². The number of rotatable bonds is 10. The molecule has 0 saturated heterocycles. The molecule has 34 heavy (non-hydrogen) atoms. The Morgan fingerprint density at radius 2 is 1.71 bits per heavy atom. The van der Waals surface area contributed by atoms with Crippen molar-refractivity contribution >= 4 is 50.7 Å². The standard InChI is InChI=1S/C24H31Cl2N3O4S/c1-16(2)13-27-24(31)18(4)28(14-19-8-6-7-9-21(19)26)23(30)15-29(34(5,32)33)22-11-10-20(25)12-17(22)3/h6-12,16,18H,13-15H2,1-5H3,(H,27,31). The lowest BCUT2D eigenvalue weighted by atomic mass is 10.1. The van der Waals surface area contributed by atoms with Crippen molar-refractivity contribution in [3.05, 3.63) is 63.6 Å². The van der Waals surface area contributed by atoms with Crippen LogP contribution in [0.3, 0.4) is 0 Å². The van der Waals surface area contributed by atoms with Crippen LogP contribution >= 0.6 is 23.2 Å². The molecular formula is C24H31Cl2N3O4S. The Labute approximate surface area is 212 Å². The first kappa shape index (κ1) is 28.0. The first-order valence-corrected chi connectivity index (χ1v) is 13.5. The predicted molar refractivity (Wildman–Crippen MR) is 138 cm³/mol. The maximum absolute atomic E-state index is 13.5. The SMILES string of the molecule is Cc1cc(Cl)ccc1N(CC(=O)N(Cc1ccccc1Cl)C(C)C(=O)NCC(C)C)S(C)(=O)=O. The number of amides is 2. The zero-order chi connectivity index (χ0) is 25.6. The van der Waals surface area contributed by atoms with E-state index in [1.165, 1.54) is 4.90 Å². The third kappa shape index (κ3) is 7.61. The van der Waals surface area contributed by atoms with Crippen LogP contribution in [0.15, 0.2) is 42.5 Å². The molecule has 7 nitrogen and oxygen atoms in total. The number of aryl methyl sites for hydroxylation is 1. The fraction of sp³-hybridized carbons (Fsp3) is 0.417. The molecule has 0 radical (unpaired) electrons. The molecule has 1 atom stereocenters. The summed E-state index contributed by atoms with van der Waals surface area (Å²) in [7, 11) is -3.81. The molecule has 186 valence electrons. The number of hydrogen-bond donors (Lipinski definition) is 1. The first-order chi connectivity index (χ1) is 15.8. The highest BCUT2D eigenvalue weighted by Crippen LogP contribution is 2.26. The van der Waals surface area contributed by atoms with Crippen LogP contribution in [0.5, 0.6) is 0 Å². The maximum atomic E-state index is 13.5. The number of hydrogen-bond acceptors (Lipinski definition) is 4. The van der Waals surface area contributed by atoms with Gasteiger partial charge in [0.25, 0.3) is 0 Å². The van der Waals surface area contributed by atoms with Crippen LogP contribution in [0.25, 0.3) is 0 Å². The molecular weight excluding hydrogens is 497 g/mol. The zero-order valence-electron chi connectivity index (χ0n) is 20.0. The van der Waals surface area contributed by atoms with Crippen LogP contribution in [-0.2, 0) is 26.2 Å². The number of halogens is 2. The summed E-state index contributed by atoms with van der Waals surface area (Å²) in [5.41, 5.74) is 1.59. The number of carbonyl (C=O) groups is 2. The van der Waals surface area contributed by atoms with E-state index in [2.05, 4.69) is 5.32 Å². The normalized spacial score (nSPS) is 12.4. The van der Waals surface area contributed by atoms with E-state index in [9.17, 15) is 18.0 Å². The van der Waals surface area contributed by atoms with E-state index in [1.807, 2.05) is 13.8 Å². The quantitative estimate of drug-likeness (QED) is 0.500. The molecule has 2 amide bonds. The number of anilines is 1. The number of nitrogens with one attached hydrogen (secondary N) is 1. The Kier molecular flexibility index (Phi) is 9.79. The van der Waals surface area contributed by atoms with Gasteiger partial charge in [0, 0.05) is 23.1 Å². The van der Waals surface area contributed by atoms with Gasteiger partial charge in [-0.2, -0.15) is 0 Å². The van der Waals surface area contributed by atoms with Crippen LogP contribution in [0.1, 0.15) is 31.9 Å². The highest BCUT2D eigenvalue weighted by Gasteiger charge is 2.31. The molecule has 0 aliphatic rings. The van der Waals surface area contributed by atoms with Crippen LogP contribution in [-0.4, -0.2) is 50.5 Å². The predicted octanol–water partition coefficient (Wildman–Crippen LogP) is 4.26. The summed E-state index contributed by atoms with van der Waals surface area (Å²) < 4.78 is 26.3. The van der Waals surface area contributed by atoms with Gasteiger partial charge in [0.2, 0.25) is 21.8 Å². The third-order valence-electron chi connectivity index (χ3n) is 5.26. The minimum Gasteiger partial charge on any atom is -0.354 e. The molecule has 0 spiro atoms. The summed E-state index contributed by atoms with van der Waals surface area (Å²) in [5, 5.41) is 3.74. The second-order valence-corrected chi connectivity index (χ2v) is 11.4. The largest absolute Gasteiger partial charge is 0.354 e. The lowest BCUT2D eigenvalue weighted by Crippen LogP contribution is -2.51. The van der Waals surface area contributed by atoms with Crippen LogP contribution in [0, 0.1) is 12.8 Å². The van der Waals surface area contributed by atoms with E-state index in [-0.39, 0.29) is 18.4 Å². The van der Waals surface area contributed by atoms with Gasteiger partial charge in [-0.3, -0.25) is 13.9 Å². The van der Waals surface area contributed by atoms with Crippen molar-refractivity contribution in [3.63, 3.8) is 0 Å². The molecule has 0 aliphatic heterocycles. The molecule has 0 bridgehead atoms. The molecule has 2 rings (SSSR count). The van der Waals surface area contributed by atoms with E-state index in [0.29, 0.717) is 33.4 Å². The maximum Gasteiger partial charge on any atom is 0.244 e. The number of nitrogens with zero attached hydrogens (tertiary/aromatic N) is 2. The van der Waals surface area contributed by atoms with E-state index in [4.69, 9.17) is 23.2 Å². The van der Waals surface area contributed by atoms with E-state index < -0.39 is 28.5 Å². The molecule has 0 aliphatic carbocycles. The van der Waals surface area contributed by atoms with Crippen molar-refractivity contribution in [1.82, 2.24) is 10.2 Å². The minimum absolute atomic E-state index is 0.0476. The summed E-state index contributed by atoms with van der Waals surface area (Å²) in [5.74, 6) is -0.632. The molecule has 10 heteroatoms. The van der Waals surface area contributed by atoms with Gasteiger partial charge in [-0.25, -0.2) is 8.42 Å². The van der Waals surface area contributed by atoms with Crippen LogP contribution in [0.4, 0.5) is 5.69 Å². The minimum atomic E-state index is -3.81. The molecule has 1 N–H and O–H groups in total. The Morgan fingerprint density at radius 1 is 1.06 bits per heavy atom. The van der Waals surface area contributed by atoms with Crippen molar-refractivity contribution in [2.24, 2.45) is 5.92 Å². The first-order valence-electron chi connectivity index (χ1n) is 10.9. The van der Waals surface area contributed by atoms with Crippen molar-refractivity contribution < 1.29 is 18.0 Å². The van der Waals surface area contributed by atoms with Gasteiger partial charge in [-0.1, -0.05) is 55.2 Å². The van der Waals surface area contributed by atoms with E-state index >= 15 is 0 Å². The van der Waals surface area contributed by atoms with E-state index in [0.717, 1.165) is 10.6 Å². The van der Waals surface area contributed by atoms with Crippen molar-refractivity contribution in [3.8, 4) is 0 Å². The monoisotopic (exact) mass is 527 g/mol. The van der Waals surface area contributed by atoms with Crippen molar-refractivity contribution in [2.75, 3.05) is 23.7 Å². The Hall–Kier alpha value is -2.29. The average molecular weight is 529 g/mol. The highest BCUT2D eigenvalue weighted by molar-refractivity contribution is 7.92. The Morgan fingerprint density at radius 3 is 2.26 bits per heavy atom. The molecule has 0 saturated carbocycles. The van der Waals surface area contributed by atoms with Gasteiger partial charge in [-0.15, -0.1) is 0 Å². The van der Waals surface area contributed by atoms with Gasteiger partial charge in [0.05, 0.1) is 11.9 Å². The average Bonchev–Trinajstić information content (AvgIpc) is 2.74. The van der Waals surface area contributed by atoms with Crippen molar-refractivity contribution in [1.29, 1.82) is 0 Å². The van der Waals surface area contributed by atoms with E-state index in [1.54, 1.807) is 56.3 Å². The Balaban J connectivity index is 2.41. The fourth-order valence-corrected chi connectivity index (χ4v) is 4.67. The lowest BCUT2D eigenvalue weighted by molar-refractivity contribution is -0.139. The van der Waals surface area contributed by atoms with Gasteiger partial charge in [0.15, 0.2) is 0 Å². The molecule has 0 fully saturated rings. The summed E-state index contributed by atoms with van der Waals surface area (Å²) >= 11 is 12.3. The summed E-state index contributed by atoms with van der Waals surface area (Å²) in [6, 6.07) is 10.9. The summed E-state index contributed by atoms with van der Waals surface area (Å²) in [4.78, 5) is 27.7. The van der Waals surface area contributed by atoms with Gasteiger partial charge in [-0.05, 0) is 55.2 Å². The Bertz CT molecular complexity index is 1140. The zero-order valence-corrected chi connectivity index (χ0v) is 22.3. The molecule has 2 aromatic carbocycles. The van der Waals surface area contributed by atoms with Crippen LogP contribution in [0.2, 0.25) is 10.0 Å². The summed E-state index contributed by atoms with van der Waals surface area (Å²) in [6.45, 7) is 7.29. The van der Waals surface area contributed by atoms with Gasteiger partial charge in [0.1, 0.15) is 12.6 Å². The third-order valence-corrected chi connectivity index (χ3v) is 6.99. The van der Waals surface area contributed by atoms with Gasteiger partial charge < -0.3 is 10.2 Å². The lowest BCUT2D eigenvalue weighted by Gasteiger charge is -2.32. The smallest absolute Gasteiger partial charge is 0.244 e. The second-order valence-electron chi connectivity index (χ2n) is 8.63. The molecule has 1 unspecified atom stereocenters. The fourth-order valence-electron chi connectivity index (χ4n) is 3.34. The summed E-state index contributed by atoms with van der Waals surface area (Å²) in [6.07, 6.45) is 1.03. The van der Waals surface area contributed by atoms with Crippen LogP contribution < -0.4 is 9.62 Å². The highest BCUT2D eigenvalue weighted by atomic mass is 35.5. The molecule has 0 heterocycles. The molecule has 2 aromatic rings. The van der Waals surface area contributed by atoms with Crippen molar-refractivity contribution in [2.45, 2.75) is 40.3 Å². The number of carbonyl (C=O) groups excluding carboxylic acids is 2. The second kappa shape index (κ2) is 11.9. The molecule has 0 aromatic heterocycles. The van der Waals surface area contributed by atoms with Gasteiger partial charge >= 0.3 is 0 Å². The number of benzene rings is 2.